The Morgan fingerprint density at radius 2 is 2.24 bits per heavy atom. The van der Waals surface area contributed by atoms with Gasteiger partial charge in [-0.3, -0.25) is 0 Å². The van der Waals surface area contributed by atoms with Crippen molar-refractivity contribution in [2.75, 3.05) is 19.7 Å². The quantitative estimate of drug-likeness (QED) is 0.907. The van der Waals surface area contributed by atoms with Gasteiger partial charge >= 0.3 is 6.03 Å². The summed E-state index contributed by atoms with van der Waals surface area (Å²) in [5.41, 5.74) is 0. The van der Waals surface area contributed by atoms with Gasteiger partial charge in [0.05, 0.1) is 6.61 Å². The van der Waals surface area contributed by atoms with Gasteiger partial charge in [-0.1, -0.05) is 12.1 Å². The molecule has 0 radical (unpaired) electrons. The third kappa shape index (κ3) is 4.62. The van der Waals surface area contributed by atoms with Crippen molar-refractivity contribution in [2.24, 2.45) is 5.92 Å². The van der Waals surface area contributed by atoms with Crippen LogP contribution in [-0.2, 0) is 0 Å². The Labute approximate surface area is 125 Å². The average Bonchev–Trinajstić information content (AvgIpc) is 2.89. The highest BCUT2D eigenvalue weighted by atomic mass is 19.1. The van der Waals surface area contributed by atoms with Crippen molar-refractivity contribution in [1.82, 2.24) is 10.2 Å². The lowest BCUT2D eigenvalue weighted by Crippen LogP contribution is -2.41. The van der Waals surface area contributed by atoms with Crippen molar-refractivity contribution in [1.29, 1.82) is 0 Å². The molecule has 2 rings (SSSR count). The van der Waals surface area contributed by atoms with Gasteiger partial charge in [-0.05, 0) is 44.7 Å². The van der Waals surface area contributed by atoms with E-state index in [2.05, 4.69) is 5.32 Å². The van der Waals surface area contributed by atoms with E-state index in [0.29, 0.717) is 18.3 Å². The van der Waals surface area contributed by atoms with E-state index in [0.717, 1.165) is 25.9 Å². The third-order valence-electron chi connectivity index (χ3n) is 3.61. The van der Waals surface area contributed by atoms with Crippen LogP contribution in [0.25, 0.3) is 0 Å². The largest absolute Gasteiger partial charge is 0.491 e. The Morgan fingerprint density at radius 3 is 2.95 bits per heavy atom. The van der Waals surface area contributed by atoms with Crippen LogP contribution in [0.1, 0.15) is 26.7 Å². The molecule has 1 aliphatic heterocycles. The van der Waals surface area contributed by atoms with Gasteiger partial charge in [0.25, 0.3) is 0 Å². The van der Waals surface area contributed by atoms with Crippen molar-refractivity contribution in [3.05, 3.63) is 30.1 Å². The number of likely N-dealkylation sites (tertiary alicyclic amines) is 1. The number of hydrogen-bond acceptors (Lipinski definition) is 2. The van der Waals surface area contributed by atoms with Crippen molar-refractivity contribution in [3.63, 3.8) is 0 Å². The maximum atomic E-state index is 13.4. The molecule has 0 saturated carbocycles. The molecule has 0 bridgehead atoms. The molecule has 1 saturated heterocycles. The molecule has 0 aromatic heterocycles. The van der Waals surface area contributed by atoms with Gasteiger partial charge < -0.3 is 15.0 Å². The maximum absolute atomic E-state index is 13.4. The molecule has 1 aromatic rings. The van der Waals surface area contributed by atoms with Crippen LogP contribution in [0, 0.1) is 11.7 Å². The second-order valence-electron chi connectivity index (χ2n) is 5.77. The number of carbonyl (C=O) groups excluding carboxylic acids is 1. The standard InChI is InChI=1S/C16H23FN2O2/c1-12(2)18-16(20)19-9-7-13(11-19)8-10-21-15-6-4-3-5-14(15)17/h3-6,12-13H,7-11H2,1-2H3,(H,18,20). The zero-order valence-corrected chi connectivity index (χ0v) is 12.6. The van der Waals surface area contributed by atoms with Crippen molar-refractivity contribution < 1.29 is 13.9 Å². The lowest BCUT2D eigenvalue weighted by atomic mass is 10.1. The van der Waals surface area contributed by atoms with E-state index in [9.17, 15) is 9.18 Å². The summed E-state index contributed by atoms with van der Waals surface area (Å²) in [5.74, 6) is 0.390. The molecule has 0 aliphatic carbocycles. The molecular weight excluding hydrogens is 271 g/mol. The summed E-state index contributed by atoms with van der Waals surface area (Å²) in [4.78, 5) is 13.7. The fourth-order valence-corrected chi connectivity index (χ4v) is 2.49. The monoisotopic (exact) mass is 294 g/mol. The smallest absolute Gasteiger partial charge is 0.317 e. The molecule has 1 unspecified atom stereocenters. The molecule has 1 N–H and O–H groups in total. The lowest BCUT2D eigenvalue weighted by molar-refractivity contribution is 0.202. The molecule has 5 heteroatoms. The molecule has 1 fully saturated rings. The molecule has 116 valence electrons. The molecule has 1 aliphatic rings. The first kappa shape index (κ1) is 15.6. The molecule has 4 nitrogen and oxygen atoms in total. The van der Waals surface area contributed by atoms with Gasteiger partial charge in [0.1, 0.15) is 0 Å². The highest BCUT2D eigenvalue weighted by Gasteiger charge is 2.26. The Hall–Kier alpha value is -1.78. The zero-order valence-electron chi connectivity index (χ0n) is 12.6. The number of rotatable bonds is 5. The lowest BCUT2D eigenvalue weighted by Gasteiger charge is -2.19. The van der Waals surface area contributed by atoms with Gasteiger partial charge in [0.2, 0.25) is 0 Å². The van der Waals surface area contributed by atoms with Crippen LogP contribution in [0.4, 0.5) is 9.18 Å². The second-order valence-corrected chi connectivity index (χ2v) is 5.77. The Kier molecular flexibility index (Phi) is 5.42. The molecule has 1 atom stereocenters. The zero-order chi connectivity index (χ0) is 15.2. The first-order valence-corrected chi connectivity index (χ1v) is 7.49. The Balaban J connectivity index is 1.71. The van der Waals surface area contributed by atoms with E-state index < -0.39 is 0 Å². The first-order chi connectivity index (χ1) is 10.1. The number of benzene rings is 1. The third-order valence-corrected chi connectivity index (χ3v) is 3.61. The van der Waals surface area contributed by atoms with Crippen LogP contribution in [0.2, 0.25) is 0 Å². The topological polar surface area (TPSA) is 41.6 Å². The number of nitrogens with zero attached hydrogens (tertiary/aromatic N) is 1. The number of hydrogen-bond donors (Lipinski definition) is 1. The van der Waals surface area contributed by atoms with E-state index in [1.807, 2.05) is 18.7 Å². The van der Waals surface area contributed by atoms with E-state index in [4.69, 9.17) is 4.74 Å². The summed E-state index contributed by atoms with van der Waals surface area (Å²) in [7, 11) is 0. The van der Waals surface area contributed by atoms with E-state index in [1.54, 1.807) is 18.2 Å². The van der Waals surface area contributed by atoms with Gasteiger partial charge in [-0.15, -0.1) is 0 Å². The number of carbonyl (C=O) groups is 1. The fraction of sp³-hybridized carbons (Fsp3) is 0.562. The number of urea groups is 1. The van der Waals surface area contributed by atoms with Gasteiger partial charge in [-0.2, -0.15) is 0 Å². The molecular formula is C16H23FN2O2. The maximum Gasteiger partial charge on any atom is 0.317 e. The number of ether oxygens (including phenoxy) is 1. The number of para-hydroxylation sites is 1. The highest BCUT2D eigenvalue weighted by molar-refractivity contribution is 5.74. The molecule has 2 amide bonds. The molecule has 21 heavy (non-hydrogen) atoms. The van der Waals surface area contributed by atoms with Crippen LogP contribution in [-0.4, -0.2) is 36.7 Å². The highest BCUT2D eigenvalue weighted by Crippen LogP contribution is 2.21. The van der Waals surface area contributed by atoms with Crippen LogP contribution < -0.4 is 10.1 Å². The summed E-state index contributed by atoms with van der Waals surface area (Å²) < 4.78 is 18.9. The average molecular weight is 294 g/mol. The van der Waals surface area contributed by atoms with E-state index >= 15 is 0 Å². The predicted octanol–water partition coefficient (Wildman–Crippen LogP) is 3.03. The second kappa shape index (κ2) is 7.29. The minimum absolute atomic E-state index is 0.00234. The predicted molar refractivity (Wildman–Crippen MR) is 79.9 cm³/mol. The fourth-order valence-electron chi connectivity index (χ4n) is 2.49. The van der Waals surface area contributed by atoms with Crippen LogP contribution in [0.15, 0.2) is 24.3 Å². The molecule has 1 heterocycles. The van der Waals surface area contributed by atoms with Crippen LogP contribution >= 0.6 is 0 Å². The van der Waals surface area contributed by atoms with Gasteiger partial charge in [-0.25, -0.2) is 9.18 Å². The van der Waals surface area contributed by atoms with Gasteiger partial charge in [0.15, 0.2) is 11.6 Å². The normalized spacial score (nSPS) is 18.1. The number of amides is 2. The SMILES string of the molecule is CC(C)NC(=O)N1CCC(CCOc2ccccc2F)C1. The Morgan fingerprint density at radius 1 is 1.48 bits per heavy atom. The summed E-state index contributed by atoms with van der Waals surface area (Å²) >= 11 is 0. The molecule has 0 spiro atoms. The van der Waals surface area contributed by atoms with E-state index in [-0.39, 0.29) is 17.9 Å². The number of halogens is 1. The van der Waals surface area contributed by atoms with Crippen molar-refractivity contribution in [2.45, 2.75) is 32.7 Å². The van der Waals surface area contributed by atoms with Crippen LogP contribution in [0.5, 0.6) is 5.75 Å². The summed E-state index contributed by atoms with van der Waals surface area (Å²) in [5, 5.41) is 2.90. The number of nitrogens with one attached hydrogen (secondary N) is 1. The van der Waals surface area contributed by atoms with E-state index in [1.165, 1.54) is 6.07 Å². The van der Waals surface area contributed by atoms with Crippen LogP contribution in [0.3, 0.4) is 0 Å². The summed E-state index contributed by atoms with van der Waals surface area (Å²) in [6.07, 6.45) is 1.81. The minimum atomic E-state index is -0.332. The first-order valence-electron chi connectivity index (χ1n) is 7.49. The summed E-state index contributed by atoms with van der Waals surface area (Å²) in [6, 6.07) is 6.58. The molecule has 1 aromatic carbocycles. The van der Waals surface area contributed by atoms with Gasteiger partial charge in [0, 0.05) is 19.1 Å². The Bertz CT molecular complexity index is 479. The minimum Gasteiger partial charge on any atom is -0.491 e. The summed E-state index contributed by atoms with van der Waals surface area (Å²) in [6.45, 7) is 5.91. The van der Waals surface area contributed by atoms with Crippen molar-refractivity contribution >= 4 is 6.03 Å². The van der Waals surface area contributed by atoms with Crippen molar-refractivity contribution in [3.8, 4) is 5.75 Å².